The summed E-state index contributed by atoms with van der Waals surface area (Å²) in [4.78, 5) is 19.5. The van der Waals surface area contributed by atoms with Crippen molar-refractivity contribution in [3.8, 4) is 0 Å². The Labute approximate surface area is 193 Å². The first kappa shape index (κ1) is 20.1. The monoisotopic (exact) mass is 466 g/mol. The first-order valence-electron chi connectivity index (χ1n) is 9.51. The maximum absolute atomic E-state index is 12.7. The van der Waals surface area contributed by atoms with E-state index < -0.39 is 5.91 Å². The number of nitrogens with one attached hydrogen (secondary N) is 1. The summed E-state index contributed by atoms with van der Waals surface area (Å²) in [5.74, 6) is -0.263. The molecular formula is C23H16Cl2N4OS. The number of benzene rings is 2. The minimum Gasteiger partial charge on any atom is -0.342 e. The summed E-state index contributed by atoms with van der Waals surface area (Å²) in [5, 5.41) is 11.3. The van der Waals surface area contributed by atoms with Gasteiger partial charge < -0.3 is 4.57 Å². The zero-order chi connectivity index (χ0) is 21.7. The van der Waals surface area contributed by atoms with E-state index in [9.17, 15) is 4.79 Å². The molecule has 2 aromatic carbocycles. The number of hydrogen-bond acceptors (Lipinski definition) is 3. The van der Waals surface area contributed by atoms with E-state index in [-0.39, 0.29) is 11.4 Å². The summed E-state index contributed by atoms with van der Waals surface area (Å²) in [6, 6.07) is 13.4. The van der Waals surface area contributed by atoms with Crippen molar-refractivity contribution in [2.75, 3.05) is 0 Å². The molecule has 0 fully saturated rings. The van der Waals surface area contributed by atoms with Gasteiger partial charge in [-0.25, -0.2) is 0 Å². The molecule has 1 N–H and O–H groups in total. The molecule has 0 aliphatic carbocycles. The van der Waals surface area contributed by atoms with Crippen molar-refractivity contribution >= 4 is 68.9 Å². The Bertz CT molecular complexity index is 1370. The lowest BCUT2D eigenvalue weighted by atomic mass is 10.1. The van der Waals surface area contributed by atoms with Gasteiger partial charge in [-0.1, -0.05) is 59.2 Å². The highest BCUT2D eigenvalue weighted by molar-refractivity contribution is 8.17. The molecule has 0 unspecified atom stereocenters. The van der Waals surface area contributed by atoms with Crippen molar-refractivity contribution in [2.45, 2.75) is 13.5 Å². The Kier molecular flexibility index (Phi) is 5.01. The van der Waals surface area contributed by atoms with Crippen LogP contribution in [0.3, 0.4) is 0 Å². The van der Waals surface area contributed by atoms with Gasteiger partial charge >= 0.3 is 0 Å². The molecule has 3 aromatic rings. The molecule has 5 rings (SSSR count). The van der Waals surface area contributed by atoms with Crippen molar-refractivity contribution in [1.29, 1.82) is 5.41 Å². The van der Waals surface area contributed by atoms with Gasteiger partial charge in [0.05, 0.1) is 5.57 Å². The van der Waals surface area contributed by atoms with Gasteiger partial charge in [-0.05, 0) is 36.8 Å². The van der Waals surface area contributed by atoms with E-state index in [1.54, 1.807) is 17.0 Å². The third kappa shape index (κ3) is 3.61. The smallest absolute Gasteiger partial charge is 0.283 e. The summed E-state index contributed by atoms with van der Waals surface area (Å²) in [6.45, 7) is 2.49. The van der Waals surface area contributed by atoms with Crippen LogP contribution in [0.5, 0.6) is 0 Å². The summed E-state index contributed by atoms with van der Waals surface area (Å²) >= 11 is 13.8. The number of aliphatic imine (C=N–C) groups is 1. The molecule has 3 heterocycles. The van der Waals surface area contributed by atoms with Crippen LogP contribution in [0.2, 0.25) is 10.0 Å². The number of rotatable bonds is 3. The van der Waals surface area contributed by atoms with Crippen LogP contribution in [0.1, 0.15) is 18.1 Å². The molecule has 0 atom stereocenters. The first-order chi connectivity index (χ1) is 14.9. The number of amidine groups is 2. The third-order valence-corrected chi connectivity index (χ3v) is 6.65. The fourth-order valence-corrected chi connectivity index (χ4v) is 5.00. The standard InChI is InChI=1S/C23H16Cl2N4OS/c1-13-10-29-21(26)18(22(30)27-23(29)31-13)8-15-12-28(20-5-3-2-4-17(15)20)11-14-6-7-16(24)9-19(14)25/h2-10,12,26H,11H2,1H3. The highest BCUT2D eigenvalue weighted by atomic mass is 35.5. The number of thioether (sulfide) groups is 1. The number of aromatic nitrogens is 1. The van der Waals surface area contributed by atoms with Gasteiger partial charge in [-0.3, -0.25) is 15.1 Å². The van der Waals surface area contributed by atoms with Crippen molar-refractivity contribution in [3.63, 3.8) is 0 Å². The van der Waals surface area contributed by atoms with E-state index in [2.05, 4.69) is 9.56 Å². The Morgan fingerprint density at radius 2 is 2.00 bits per heavy atom. The molecule has 154 valence electrons. The number of para-hydroxylation sites is 1. The third-order valence-electron chi connectivity index (χ3n) is 5.17. The number of nitrogens with zero attached hydrogens (tertiary/aromatic N) is 3. The number of halogens is 2. The summed E-state index contributed by atoms with van der Waals surface area (Å²) in [7, 11) is 0. The van der Waals surface area contributed by atoms with Gasteiger partial charge in [0.1, 0.15) is 5.84 Å². The second-order valence-corrected chi connectivity index (χ2v) is 9.34. The predicted octanol–water partition coefficient (Wildman–Crippen LogP) is 6.16. The second-order valence-electron chi connectivity index (χ2n) is 7.28. The molecule has 31 heavy (non-hydrogen) atoms. The molecule has 0 saturated heterocycles. The van der Waals surface area contributed by atoms with E-state index in [4.69, 9.17) is 28.6 Å². The average Bonchev–Trinajstić information content (AvgIpc) is 3.27. The number of carbonyl (C=O) groups is 1. The van der Waals surface area contributed by atoms with Crippen LogP contribution in [0, 0.1) is 5.41 Å². The van der Waals surface area contributed by atoms with Crippen LogP contribution in [0.4, 0.5) is 0 Å². The van der Waals surface area contributed by atoms with Gasteiger partial charge in [0.15, 0.2) is 5.17 Å². The van der Waals surface area contributed by atoms with Crippen LogP contribution in [0.15, 0.2) is 70.3 Å². The lowest BCUT2D eigenvalue weighted by Crippen LogP contribution is -2.35. The molecule has 2 aliphatic rings. The van der Waals surface area contributed by atoms with Crippen LogP contribution >= 0.6 is 35.0 Å². The topological polar surface area (TPSA) is 61.5 Å². The van der Waals surface area contributed by atoms with Crippen molar-refractivity contribution < 1.29 is 4.79 Å². The predicted molar refractivity (Wildman–Crippen MR) is 129 cm³/mol. The van der Waals surface area contributed by atoms with E-state index in [1.165, 1.54) is 11.8 Å². The summed E-state index contributed by atoms with van der Waals surface area (Å²) in [6.07, 6.45) is 5.56. The average molecular weight is 467 g/mol. The Balaban J connectivity index is 1.58. The van der Waals surface area contributed by atoms with E-state index in [0.717, 1.165) is 26.9 Å². The minimum absolute atomic E-state index is 0.136. The lowest BCUT2D eigenvalue weighted by molar-refractivity contribution is -0.114. The number of allylic oxidation sites excluding steroid dienone is 1. The molecule has 8 heteroatoms. The molecule has 1 aromatic heterocycles. The van der Waals surface area contributed by atoms with Gasteiger partial charge in [0.25, 0.3) is 5.91 Å². The number of fused-ring (bicyclic) bond motifs is 2. The van der Waals surface area contributed by atoms with Gasteiger partial charge in [-0.15, -0.1) is 0 Å². The highest BCUT2D eigenvalue weighted by Crippen LogP contribution is 2.33. The van der Waals surface area contributed by atoms with Crippen LogP contribution in [-0.4, -0.2) is 26.4 Å². The van der Waals surface area contributed by atoms with E-state index in [1.807, 2.05) is 55.7 Å². The molecule has 1 amide bonds. The molecule has 0 bridgehead atoms. The zero-order valence-corrected chi connectivity index (χ0v) is 18.7. The molecule has 0 radical (unpaired) electrons. The van der Waals surface area contributed by atoms with E-state index in [0.29, 0.717) is 21.8 Å². The number of hydrogen-bond donors (Lipinski definition) is 1. The number of carbonyl (C=O) groups excluding carboxylic acids is 1. The maximum atomic E-state index is 12.7. The minimum atomic E-state index is -0.399. The molecule has 0 spiro atoms. The maximum Gasteiger partial charge on any atom is 0.283 e. The van der Waals surface area contributed by atoms with Crippen LogP contribution in [0.25, 0.3) is 17.0 Å². The molecule has 5 nitrogen and oxygen atoms in total. The SMILES string of the molecule is CC1=CN2C(=N)C(=Cc3cn(Cc4ccc(Cl)cc4Cl)c4ccccc34)C(=O)N=C2S1. The largest absolute Gasteiger partial charge is 0.342 e. The number of amides is 1. The van der Waals surface area contributed by atoms with Crippen molar-refractivity contribution in [3.05, 3.63) is 86.5 Å². The van der Waals surface area contributed by atoms with Crippen LogP contribution < -0.4 is 0 Å². The first-order valence-corrected chi connectivity index (χ1v) is 11.1. The molecule has 2 aliphatic heterocycles. The van der Waals surface area contributed by atoms with Crippen LogP contribution in [-0.2, 0) is 11.3 Å². The highest BCUT2D eigenvalue weighted by Gasteiger charge is 2.33. The zero-order valence-electron chi connectivity index (χ0n) is 16.4. The van der Waals surface area contributed by atoms with Gasteiger partial charge in [0.2, 0.25) is 0 Å². The fourth-order valence-electron chi connectivity index (χ4n) is 3.71. The van der Waals surface area contributed by atoms with E-state index >= 15 is 0 Å². The van der Waals surface area contributed by atoms with Gasteiger partial charge in [0, 0.05) is 50.4 Å². The Hall–Kier alpha value is -2.80. The normalized spacial score (nSPS) is 17.4. The van der Waals surface area contributed by atoms with Crippen molar-refractivity contribution in [2.24, 2.45) is 4.99 Å². The Morgan fingerprint density at radius 3 is 2.81 bits per heavy atom. The molecular weight excluding hydrogens is 451 g/mol. The van der Waals surface area contributed by atoms with Crippen molar-refractivity contribution in [1.82, 2.24) is 9.47 Å². The molecule has 0 saturated carbocycles. The quantitative estimate of drug-likeness (QED) is 0.469. The Morgan fingerprint density at radius 1 is 1.19 bits per heavy atom. The fraction of sp³-hybridized carbons (Fsp3) is 0.0870. The lowest BCUT2D eigenvalue weighted by Gasteiger charge is -2.22. The summed E-state index contributed by atoms with van der Waals surface area (Å²) in [5.41, 5.74) is 3.06. The summed E-state index contributed by atoms with van der Waals surface area (Å²) < 4.78 is 2.08. The second kappa shape index (κ2) is 7.71. The van der Waals surface area contributed by atoms with Gasteiger partial charge in [-0.2, -0.15) is 4.99 Å².